The molecule has 1 aromatic heterocycles. The maximum absolute atomic E-state index is 12.7. The van der Waals surface area contributed by atoms with E-state index in [0.29, 0.717) is 29.8 Å². The summed E-state index contributed by atoms with van der Waals surface area (Å²) in [4.78, 5) is 16.9. The lowest BCUT2D eigenvalue weighted by atomic mass is 9.90. The van der Waals surface area contributed by atoms with Crippen LogP contribution in [0.4, 0.5) is 11.5 Å². The maximum atomic E-state index is 12.7. The molecule has 3 rings (SSSR count). The predicted octanol–water partition coefficient (Wildman–Crippen LogP) is 3.75. The van der Waals surface area contributed by atoms with Crippen LogP contribution in [-0.4, -0.2) is 38.7 Å². The highest BCUT2D eigenvalue weighted by Crippen LogP contribution is 2.27. The van der Waals surface area contributed by atoms with Crippen molar-refractivity contribution in [2.75, 3.05) is 29.0 Å². The van der Waals surface area contributed by atoms with Crippen molar-refractivity contribution in [2.45, 2.75) is 39.0 Å². The Balaban J connectivity index is 1.69. The summed E-state index contributed by atoms with van der Waals surface area (Å²) in [6.45, 7) is 2.05. The lowest BCUT2D eigenvalue weighted by molar-refractivity contribution is -0.114. The second-order valence-electron chi connectivity index (χ2n) is 7.77. The van der Waals surface area contributed by atoms with Crippen molar-refractivity contribution in [3.8, 4) is 5.75 Å². The molecule has 162 valence electrons. The largest absolute Gasteiger partial charge is 0.489 e. The van der Waals surface area contributed by atoms with Gasteiger partial charge >= 0.3 is 0 Å². The van der Waals surface area contributed by atoms with Gasteiger partial charge in [-0.25, -0.2) is 13.4 Å². The SMILES string of the molecule is Cc1ccccc1N(CC(=O)Nc1ncccc1OCC1CCCCC1)S(C)(=O)=O. The molecular weight excluding hydrogens is 402 g/mol. The molecular formula is C22H29N3O4S. The number of aromatic nitrogens is 1. The first-order valence-corrected chi connectivity index (χ1v) is 12.1. The molecule has 7 nitrogen and oxygen atoms in total. The summed E-state index contributed by atoms with van der Waals surface area (Å²) in [6.07, 6.45) is 8.70. The minimum Gasteiger partial charge on any atom is -0.489 e. The van der Waals surface area contributed by atoms with E-state index in [2.05, 4.69) is 10.3 Å². The topological polar surface area (TPSA) is 88.6 Å². The van der Waals surface area contributed by atoms with Crippen LogP contribution in [0.2, 0.25) is 0 Å². The number of ether oxygens (including phenoxy) is 1. The molecule has 0 unspecified atom stereocenters. The molecule has 0 saturated heterocycles. The Hall–Kier alpha value is -2.61. The predicted molar refractivity (Wildman–Crippen MR) is 118 cm³/mol. The van der Waals surface area contributed by atoms with Crippen LogP contribution in [0, 0.1) is 12.8 Å². The molecule has 1 N–H and O–H groups in total. The number of amides is 1. The van der Waals surface area contributed by atoms with Crippen molar-refractivity contribution in [1.29, 1.82) is 0 Å². The third kappa shape index (κ3) is 5.95. The fourth-order valence-electron chi connectivity index (χ4n) is 3.69. The van der Waals surface area contributed by atoms with Gasteiger partial charge < -0.3 is 10.1 Å². The molecule has 0 spiro atoms. The zero-order valence-corrected chi connectivity index (χ0v) is 18.3. The van der Waals surface area contributed by atoms with Gasteiger partial charge in [-0.1, -0.05) is 37.5 Å². The van der Waals surface area contributed by atoms with Crippen LogP contribution in [0.1, 0.15) is 37.7 Å². The van der Waals surface area contributed by atoms with Crippen LogP contribution in [0.5, 0.6) is 5.75 Å². The van der Waals surface area contributed by atoms with E-state index in [1.54, 1.807) is 43.5 Å². The number of anilines is 2. The molecule has 1 heterocycles. The van der Waals surface area contributed by atoms with Gasteiger partial charge in [-0.05, 0) is 49.4 Å². The summed E-state index contributed by atoms with van der Waals surface area (Å²) in [7, 11) is -3.64. The molecule has 0 radical (unpaired) electrons. The Kier molecular flexibility index (Phi) is 7.31. The molecule has 30 heavy (non-hydrogen) atoms. The normalized spacial score (nSPS) is 14.9. The average Bonchev–Trinajstić information content (AvgIpc) is 2.72. The van der Waals surface area contributed by atoms with Crippen LogP contribution in [-0.2, 0) is 14.8 Å². The van der Waals surface area contributed by atoms with E-state index < -0.39 is 15.9 Å². The first kappa shape index (κ1) is 22.1. The molecule has 0 aliphatic heterocycles. The highest BCUT2D eigenvalue weighted by molar-refractivity contribution is 7.92. The molecule has 0 atom stereocenters. The Morgan fingerprint density at radius 1 is 1.17 bits per heavy atom. The highest BCUT2D eigenvalue weighted by atomic mass is 32.2. The first-order valence-electron chi connectivity index (χ1n) is 10.3. The number of sulfonamides is 1. The van der Waals surface area contributed by atoms with E-state index in [1.165, 1.54) is 19.3 Å². The molecule has 8 heteroatoms. The third-order valence-electron chi connectivity index (χ3n) is 5.30. The van der Waals surface area contributed by atoms with Crippen molar-refractivity contribution in [2.24, 2.45) is 5.92 Å². The number of rotatable bonds is 8. The standard InChI is InChI=1S/C22H29N3O4S/c1-17-9-6-7-12-19(17)25(30(2,27)28)15-21(26)24-22-20(13-8-14-23-22)29-16-18-10-4-3-5-11-18/h6-9,12-14,18H,3-5,10-11,15-16H2,1-2H3,(H,23,24,26). The number of para-hydroxylation sites is 1. The van der Waals surface area contributed by atoms with Crippen molar-refractivity contribution >= 4 is 27.4 Å². The Bertz CT molecular complexity index is 972. The summed E-state index contributed by atoms with van der Waals surface area (Å²) in [5, 5.41) is 2.71. The Labute approximate surface area is 178 Å². The van der Waals surface area contributed by atoms with Crippen LogP contribution >= 0.6 is 0 Å². The monoisotopic (exact) mass is 431 g/mol. The smallest absolute Gasteiger partial charge is 0.246 e. The van der Waals surface area contributed by atoms with E-state index in [9.17, 15) is 13.2 Å². The Morgan fingerprint density at radius 2 is 1.90 bits per heavy atom. The summed E-state index contributed by atoms with van der Waals surface area (Å²) in [6, 6.07) is 10.6. The first-order chi connectivity index (χ1) is 14.3. The van der Waals surface area contributed by atoms with Gasteiger partial charge in [0.2, 0.25) is 15.9 Å². The summed E-state index contributed by atoms with van der Waals surface area (Å²) in [5.41, 5.74) is 1.25. The number of hydrogen-bond acceptors (Lipinski definition) is 5. The van der Waals surface area contributed by atoms with Gasteiger partial charge in [0.15, 0.2) is 11.6 Å². The molecule has 1 fully saturated rings. The number of benzene rings is 1. The van der Waals surface area contributed by atoms with Gasteiger partial charge in [-0.2, -0.15) is 0 Å². The number of nitrogens with zero attached hydrogens (tertiary/aromatic N) is 2. The number of aryl methyl sites for hydroxylation is 1. The van der Waals surface area contributed by atoms with E-state index >= 15 is 0 Å². The van der Waals surface area contributed by atoms with E-state index in [0.717, 1.165) is 29.0 Å². The van der Waals surface area contributed by atoms with Gasteiger partial charge in [0.05, 0.1) is 18.6 Å². The van der Waals surface area contributed by atoms with Crippen LogP contribution in [0.25, 0.3) is 0 Å². The minimum atomic E-state index is -3.64. The second kappa shape index (κ2) is 9.93. The lowest BCUT2D eigenvalue weighted by Gasteiger charge is -2.24. The van der Waals surface area contributed by atoms with Gasteiger partial charge in [0.25, 0.3) is 0 Å². The fraction of sp³-hybridized carbons (Fsp3) is 0.455. The molecule has 1 aromatic carbocycles. The van der Waals surface area contributed by atoms with Crippen molar-refractivity contribution < 1.29 is 17.9 Å². The number of hydrogen-bond donors (Lipinski definition) is 1. The average molecular weight is 432 g/mol. The quantitative estimate of drug-likeness (QED) is 0.688. The molecule has 1 aliphatic carbocycles. The van der Waals surface area contributed by atoms with Crippen LogP contribution in [0.15, 0.2) is 42.6 Å². The molecule has 0 bridgehead atoms. The lowest BCUT2D eigenvalue weighted by Crippen LogP contribution is -2.38. The van der Waals surface area contributed by atoms with Crippen LogP contribution < -0.4 is 14.4 Å². The van der Waals surface area contributed by atoms with E-state index in [-0.39, 0.29) is 6.54 Å². The molecule has 1 aliphatic rings. The molecule has 1 saturated carbocycles. The number of nitrogens with one attached hydrogen (secondary N) is 1. The van der Waals surface area contributed by atoms with Crippen molar-refractivity contribution in [3.63, 3.8) is 0 Å². The van der Waals surface area contributed by atoms with Gasteiger partial charge in [-0.15, -0.1) is 0 Å². The van der Waals surface area contributed by atoms with Crippen LogP contribution in [0.3, 0.4) is 0 Å². The molecule has 1 amide bonds. The zero-order valence-electron chi connectivity index (χ0n) is 17.5. The number of carbonyl (C=O) groups is 1. The highest BCUT2D eigenvalue weighted by Gasteiger charge is 2.23. The zero-order chi connectivity index (χ0) is 21.6. The fourth-order valence-corrected chi connectivity index (χ4v) is 4.60. The summed E-state index contributed by atoms with van der Waals surface area (Å²) >= 11 is 0. The third-order valence-corrected chi connectivity index (χ3v) is 6.43. The number of pyridine rings is 1. The van der Waals surface area contributed by atoms with E-state index in [1.807, 2.05) is 6.07 Å². The summed E-state index contributed by atoms with van der Waals surface area (Å²) < 4.78 is 31.7. The van der Waals surface area contributed by atoms with Crippen molar-refractivity contribution in [1.82, 2.24) is 4.98 Å². The molecule has 2 aromatic rings. The van der Waals surface area contributed by atoms with Gasteiger partial charge in [-0.3, -0.25) is 9.10 Å². The van der Waals surface area contributed by atoms with Crippen molar-refractivity contribution in [3.05, 3.63) is 48.2 Å². The minimum absolute atomic E-state index is 0.302. The van der Waals surface area contributed by atoms with Gasteiger partial charge in [0, 0.05) is 6.20 Å². The van der Waals surface area contributed by atoms with Gasteiger partial charge in [0.1, 0.15) is 6.54 Å². The second-order valence-corrected chi connectivity index (χ2v) is 9.68. The Morgan fingerprint density at radius 3 is 2.60 bits per heavy atom. The number of carbonyl (C=O) groups excluding carboxylic acids is 1. The maximum Gasteiger partial charge on any atom is 0.246 e. The van der Waals surface area contributed by atoms with E-state index in [4.69, 9.17) is 4.74 Å². The summed E-state index contributed by atoms with van der Waals surface area (Å²) in [5.74, 6) is 0.837.